The van der Waals surface area contributed by atoms with Crippen LogP contribution < -0.4 is 10.2 Å². The number of carbonyl (C=O) groups excluding carboxylic acids is 2. The molecule has 1 fully saturated rings. The molecule has 0 aliphatic carbocycles. The molecule has 1 saturated heterocycles. The van der Waals surface area contributed by atoms with Gasteiger partial charge in [0, 0.05) is 50.3 Å². The monoisotopic (exact) mass is 366 g/mol. The second kappa shape index (κ2) is 8.20. The maximum Gasteiger partial charge on any atom is 0.255 e. The molecule has 2 amide bonds. The Hall–Kier alpha value is -2.89. The van der Waals surface area contributed by atoms with E-state index in [1.165, 1.54) is 23.6 Å². The third-order valence-electron chi connectivity index (χ3n) is 4.60. The fourth-order valence-electron chi connectivity index (χ4n) is 3.20. The largest absolute Gasteiger partial charge is 0.368 e. The molecule has 1 aromatic carbocycles. The van der Waals surface area contributed by atoms with Crippen LogP contribution in [0.2, 0.25) is 0 Å². The fraction of sp³-hybridized carbons (Fsp3) is 0.381. The Bertz CT molecular complexity index is 826. The highest BCUT2D eigenvalue weighted by atomic mass is 16.2. The van der Waals surface area contributed by atoms with Gasteiger partial charge in [-0.2, -0.15) is 0 Å². The van der Waals surface area contributed by atoms with Gasteiger partial charge in [-0.1, -0.05) is 12.1 Å². The van der Waals surface area contributed by atoms with Crippen LogP contribution in [0.25, 0.3) is 0 Å². The van der Waals surface area contributed by atoms with E-state index < -0.39 is 0 Å². The van der Waals surface area contributed by atoms with Gasteiger partial charge in [-0.05, 0) is 44.5 Å². The first-order valence-electron chi connectivity index (χ1n) is 9.31. The summed E-state index contributed by atoms with van der Waals surface area (Å²) in [6, 6.07) is 10.1. The Balaban J connectivity index is 1.65. The standard InChI is InChI=1S/C21H26N4O2/c1-15(2)23-20(26)17-12-18(14-22-13-17)21(27)25-9-7-24(8-10-25)19-6-4-5-16(3)11-19/h4-6,11-15H,7-10H2,1-3H3,(H,23,26). The van der Waals surface area contributed by atoms with E-state index in [-0.39, 0.29) is 17.9 Å². The number of rotatable bonds is 4. The number of benzene rings is 1. The number of aromatic nitrogens is 1. The molecule has 0 saturated carbocycles. The summed E-state index contributed by atoms with van der Waals surface area (Å²) >= 11 is 0. The molecule has 0 unspecified atom stereocenters. The number of aryl methyl sites for hydroxylation is 1. The highest BCUT2D eigenvalue weighted by molar-refractivity contribution is 5.99. The number of hydrogen-bond acceptors (Lipinski definition) is 4. The van der Waals surface area contributed by atoms with Crippen molar-refractivity contribution < 1.29 is 9.59 Å². The zero-order valence-corrected chi connectivity index (χ0v) is 16.1. The summed E-state index contributed by atoms with van der Waals surface area (Å²) in [4.78, 5) is 33.2. The van der Waals surface area contributed by atoms with Crippen LogP contribution >= 0.6 is 0 Å². The molecule has 1 aliphatic rings. The first-order valence-corrected chi connectivity index (χ1v) is 9.31. The maximum atomic E-state index is 12.8. The lowest BCUT2D eigenvalue weighted by Gasteiger charge is -2.36. The predicted octanol–water partition coefficient (Wildman–Crippen LogP) is 2.49. The molecule has 0 radical (unpaired) electrons. The SMILES string of the molecule is Cc1cccc(N2CCN(C(=O)c3cncc(C(=O)NC(C)C)c3)CC2)c1. The second-order valence-corrected chi connectivity index (χ2v) is 7.21. The summed E-state index contributed by atoms with van der Waals surface area (Å²) in [7, 11) is 0. The number of nitrogens with zero attached hydrogens (tertiary/aromatic N) is 3. The minimum absolute atomic E-state index is 0.0339. The van der Waals surface area contributed by atoms with Gasteiger partial charge in [0.15, 0.2) is 0 Å². The molecule has 0 atom stereocenters. The quantitative estimate of drug-likeness (QED) is 0.903. The van der Waals surface area contributed by atoms with Crippen LogP contribution in [0, 0.1) is 6.92 Å². The van der Waals surface area contributed by atoms with Gasteiger partial charge in [0.1, 0.15) is 0 Å². The van der Waals surface area contributed by atoms with Gasteiger partial charge in [-0.15, -0.1) is 0 Å². The molecule has 27 heavy (non-hydrogen) atoms. The van der Waals surface area contributed by atoms with E-state index in [1.54, 1.807) is 6.07 Å². The Labute approximate surface area is 160 Å². The van der Waals surface area contributed by atoms with Gasteiger partial charge < -0.3 is 15.1 Å². The van der Waals surface area contributed by atoms with Gasteiger partial charge in [-0.25, -0.2) is 0 Å². The molecule has 2 aromatic rings. The zero-order chi connectivity index (χ0) is 19.4. The van der Waals surface area contributed by atoms with Crippen molar-refractivity contribution in [3.8, 4) is 0 Å². The van der Waals surface area contributed by atoms with Crippen LogP contribution in [-0.4, -0.2) is 53.9 Å². The van der Waals surface area contributed by atoms with E-state index in [1.807, 2.05) is 18.7 Å². The lowest BCUT2D eigenvalue weighted by molar-refractivity contribution is 0.0746. The number of amides is 2. The average Bonchev–Trinajstić information content (AvgIpc) is 2.67. The van der Waals surface area contributed by atoms with Crippen molar-refractivity contribution in [2.45, 2.75) is 26.8 Å². The first kappa shape index (κ1) is 18.9. The van der Waals surface area contributed by atoms with E-state index >= 15 is 0 Å². The van der Waals surface area contributed by atoms with Crippen LogP contribution in [0.15, 0.2) is 42.7 Å². The van der Waals surface area contributed by atoms with Gasteiger partial charge in [0.2, 0.25) is 0 Å². The van der Waals surface area contributed by atoms with E-state index in [9.17, 15) is 9.59 Å². The van der Waals surface area contributed by atoms with Crippen molar-refractivity contribution in [1.29, 1.82) is 0 Å². The Morgan fingerprint density at radius 2 is 1.74 bits per heavy atom. The molecule has 1 aromatic heterocycles. The maximum absolute atomic E-state index is 12.8. The van der Waals surface area contributed by atoms with E-state index in [4.69, 9.17) is 0 Å². The predicted molar refractivity (Wildman–Crippen MR) is 106 cm³/mol. The topological polar surface area (TPSA) is 65.5 Å². The highest BCUT2D eigenvalue weighted by Crippen LogP contribution is 2.18. The molecule has 2 heterocycles. The Morgan fingerprint density at radius 1 is 1.04 bits per heavy atom. The number of hydrogen-bond donors (Lipinski definition) is 1. The summed E-state index contributed by atoms with van der Waals surface area (Å²) in [5.41, 5.74) is 3.29. The zero-order valence-electron chi connectivity index (χ0n) is 16.1. The molecule has 3 rings (SSSR count). The van der Waals surface area contributed by atoms with Crippen molar-refractivity contribution in [2.24, 2.45) is 0 Å². The fourth-order valence-corrected chi connectivity index (χ4v) is 3.20. The van der Waals surface area contributed by atoms with Crippen molar-refractivity contribution in [3.63, 3.8) is 0 Å². The molecular formula is C21H26N4O2. The summed E-state index contributed by atoms with van der Waals surface area (Å²) < 4.78 is 0. The Morgan fingerprint density at radius 3 is 2.41 bits per heavy atom. The van der Waals surface area contributed by atoms with E-state index in [0.29, 0.717) is 24.2 Å². The van der Waals surface area contributed by atoms with Gasteiger partial charge >= 0.3 is 0 Å². The third kappa shape index (κ3) is 4.64. The molecule has 1 aliphatic heterocycles. The third-order valence-corrected chi connectivity index (χ3v) is 4.60. The van der Waals surface area contributed by atoms with Crippen molar-refractivity contribution in [2.75, 3.05) is 31.1 Å². The Kier molecular flexibility index (Phi) is 5.74. The second-order valence-electron chi connectivity index (χ2n) is 7.21. The van der Waals surface area contributed by atoms with Crippen LogP contribution in [0.1, 0.15) is 40.1 Å². The molecule has 6 heteroatoms. The summed E-state index contributed by atoms with van der Waals surface area (Å²) in [6.07, 6.45) is 3.02. The highest BCUT2D eigenvalue weighted by Gasteiger charge is 2.23. The molecule has 142 valence electrons. The van der Waals surface area contributed by atoms with Crippen molar-refractivity contribution in [3.05, 3.63) is 59.4 Å². The van der Waals surface area contributed by atoms with E-state index in [2.05, 4.69) is 46.4 Å². The first-order chi connectivity index (χ1) is 12.9. The summed E-state index contributed by atoms with van der Waals surface area (Å²) in [6.45, 7) is 8.75. The molecular weight excluding hydrogens is 340 g/mol. The van der Waals surface area contributed by atoms with Gasteiger partial charge in [0.25, 0.3) is 11.8 Å². The number of carbonyl (C=O) groups is 2. The number of anilines is 1. The minimum Gasteiger partial charge on any atom is -0.368 e. The molecule has 0 bridgehead atoms. The summed E-state index contributed by atoms with van der Waals surface area (Å²) in [5, 5.41) is 2.82. The summed E-state index contributed by atoms with van der Waals surface area (Å²) in [5.74, 6) is -0.290. The van der Waals surface area contributed by atoms with Gasteiger partial charge in [0.05, 0.1) is 11.1 Å². The smallest absolute Gasteiger partial charge is 0.255 e. The van der Waals surface area contributed by atoms with Crippen LogP contribution in [-0.2, 0) is 0 Å². The lowest BCUT2D eigenvalue weighted by atomic mass is 10.1. The molecule has 1 N–H and O–H groups in total. The molecule has 0 spiro atoms. The van der Waals surface area contributed by atoms with Gasteiger partial charge in [-0.3, -0.25) is 14.6 Å². The average molecular weight is 366 g/mol. The van der Waals surface area contributed by atoms with Crippen molar-refractivity contribution >= 4 is 17.5 Å². The number of piperazine rings is 1. The number of nitrogens with one attached hydrogen (secondary N) is 1. The van der Waals surface area contributed by atoms with Crippen LogP contribution in [0.3, 0.4) is 0 Å². The minimum atomic E-state index is -0.212. The molecule has 6 nitrogen and oxygen atoms in total. The lowest BCUT2D eigenvalue weighted by Crippen LogP contribution is -2.48. The normalized spacial score (nSPS) is 14.4. The number of pyridine rings is 1. The van der Waals surface area contributed by atoms with E-state index in [0.717, 1.165) is 13.1 Å². The van der Waals surface area contributed by atoms with Crippen molar-refractivity contribution in [1.82, 2.24) is 15.2 Å². The van der Waals surface area contributed by atoms with Crippen LogP contribution in [0.4, 0.5) is 5.69 Å². The van der Waals surface area contributed by atoms with Crippen LogP contribution in [0.5, 0.6) is 0 Å².